The van der Waals surface area contributed by atoms with Crippen molar-refractivity contribution in [2.24, 2.45) is 5.73 Å². The fourth-order valence-electron chi connectivity index (χ4n) is 1.50. The van der Waals surface area contributed by atoms with Crippen LogP contribution in [0.4, 0.5) is 4.79 Å². The van der Waals surface area contributed by atoms with E-state index in [1.54, 1.807) is 0 Å². The largest absolute Gasteiger partial charge is 0.494 e. The third-order valence-corrected chi connectivity index (χ3v) is 2.36. The summed E-state index contributed by atoms with van der Waals surface area (Å²) in [6, 6.07) is 7.53. The first-order chi connectivity index (χ1) is 8.65. The second-order valence-electron chi connectivity index (χ2n) is 3.89. The minimum absolute atomic E-state index is 0.201. The highest BCUT2D eigenvalue weighted by molar-refractivity contribution is 5.66. The molecule has 0 spiro atoms. The SMILES string of the molecule is CCOc1ccc(CC(N)COC(=O)NC)cc1. The molecule has 0 radical (unpaired) electrons. The van der Waals surface area contributed by atoms with Crippen LogP contribution < -0.4 is 15.8 Å². The van der Waals surface area contributed by atoms with Gasteiger partial charge in [0.15, 0.2) is 0 Å². The Morgan fingerprint density at radius 3 is 2.61 bits per heavy atom. The van der Waals surface area contributed by atoms with Crippen LogP contribution in [0.15, 0.2) is 24.3 Å². The summed E-state index contributed by atoms with van der Waals surface area (Å²) in [4.78, 5) is 10.9. The maximum atomic E-state index is 10.9. The Morgan fingerprint density at radius 2 is 2.06 bits per heavy atom. The van der Waals surface area contributed by atoms with Crippen molar-refractivity contribution >= 4 is 6.09 Å². The molecule has 1 aromatic rings. The molecule has 5 nitrogen and oxygen atoms in total. The van der Waals surface area contributed by atoms with Gasteiger partial charge in [0, 0.05) is 13.1 Å². The van der Waals surface area contributed by atoms with Crippen molar-refractivity contribution in [3.63, 3.8) is 0 Å². The van der Waals surface area contributed by atoms with Crippen LogP contribution in [-0.2, 0) is 11.2 Å². The van der Waals surface area contributed by atoms with Crippen LogP contribution in [-0.4, -0.2) is 32.4 Å². The predicted molar refractivity (Wildman–Crippen MR) is 69.7 cm³/mol. The summed E-state index contributed by atoms with van der Waals surface area (Å²) in [5.41, 5.74) is 6.96. The minimum atomic E-state index is -0.461. The lowest BCUT2D eigenvalue weighted by atomic mass is 10.1. The molecule has 1 amide bonds. The number of ether oxygens (including phenoxy) is 2. The van der Waals surface area contributed by atoms with Gasteiger partial charge in [-0.1, -0.05) is 12.1 Å². The first-order valence-electron chi connectivity index (χ1n) is 5.97. The number of hydrogen-bond acceptors (Lipinski definition) is 4. The normalized spacial score (nSPS) is 11.7. The van der Waals surface area contributed by atoms with Crippen molar-refractivity contribution in [3.8, 4) is 5.75 Å². The third kappa shape index (κ3) is 5.05. The summed E-state index contributed by atoms with van der Waals surface area (Å²) >= 11 is 0. The van der Waals surface area contributed by atoms with Crippen LogP contribution in [0.2, 0.25) is 0 Å². The topological polar surface area (TPSA) is 73.6 Å². The molecule has 0 aliphatic carbocycles. The molecule has 5 heteroatoms. The van der Waals surface area contributed by atoms with Crippen molar-refractivity contribution < 1.29 is 14.3 Å². The van der Waals surface area contributed by atoms with Gasteiger partial charge in [0.25, 0.3) is 0 Å². The molecule has 0 aromatic heterocycles. The molecular weight excluding hydrogens is 232 g/mol. The summed E-state index contributed by atoms with van der Waals surface area (Å²) in [6.45, 7) is 2.80. The molecule has 18 heavy (non-hydrogen) atoms. The number of rotatable bonds is 6. The van der Waals surface area contributed by atoms with Gasteiger partial charge in [-0.05, 0) is 31.0 Å². The number of benzene rings is 1. The molecule has 3 N–H and O–H groups in total. The van der Waals surface area contributed by atoms with Crippen LogP contribution in [0.1, 0.15) is 12.5 Å². The summed E-state index contributed by atoms with van der Waals surface area (Å²) in [5, 5.41) is 2.37. The smallest absolute Gasteiger partial charge is 0.406 e. The van der Waals surface area contributed by atoms with Gasteiger partial charge in [0.1, 0.15) is 12.4 Å². The van der Waals surface area contributed by atoms with Gasteiger partial charge in [0.05, 0.1) is 6.61 Å². The Kier molecular flexibility index (Phi) is 6.00. The molecule has 0 saturated heterocycles. The second-order valence-corrected chi connectivity index (χ2v) is 3.89. The highest BCUT2D eigenvalue weighted by Gasteiger charge is 2.07. The van der Waals surface area contributed by atoms with Gasteiger partial charge >= 0.3 is 6.09 Å². The minimum Gasteiger partial charge on any atom is -0.494 e. The van der Waals surface area contributed by atoms with Crippen molar-refractivity contribution in [1.82, 2.24) is 5.32 Å². The number of carbonyl (C=O) groups excluding carboxylic acids is 1. The average molecular weight is 252 g/mol. The van der Waals surface area contributed by atoms with Crippen LogP contribution >= 0.6 is 0 Å². The van der Waals surface area contributed by atoms with E-state index in [1.807, 2.05) is 31.2 Å². The number of hydrogen-bond donors (Lipinski definition) is 2. The van der Waals surface area contributed by atoms with E-state index in [9.17, 15) is 4.79 Å². The quantitative estimate of drug-likeness (QED) is 0.800. The van der Waals surface area contributed by atoms with Crippen molar-refractivity contribution in [1.29, 1.82) is 0 Å². The van der Waals surface area contributed by atoms with E-state index < -0.39 is 6.09 Å². The van der Waals surface area contributed by atoms with Gasteiger partial charge in [-0.15, -0.1) is 0 Å². The first-order valence-corrected chi connectivity index (χ1v) is 5.97. The van der Waals surface area contributed by atoms with Crippen LogP contribution in [0.5, 0.6) is 5.75 Å². The fraction of sp³-hybridized carbons (Fsp3) is 0.462. The number of amides is 1. The molecule has 0 bridgehead atoms. The predicted octanol–water partition coefficient (Wildman–Crippen LogP) is 1.31. The monoisotopic (exact) mass is 252 g/mol. The molecule has 0 aliphatic heterocycles. The maximum absolute atomic E-state index is 10.9. The van der Waals surface area contributed by atoms with Gasteiger partial charge in [-0.3, -0.25) is 0 Å². The Morgan fingerprint density at radius 1 is 1.39 bits per heavy atom. The number of nitrogens with one attached hydrogen (secondary N) is 1. The second kappa shape index (κ2) is 7.55. The third-order valence-electron chi connectivity index (χ3n) is 2.36. The summed E-state index contributed by atoms with van der Waals surface area (Å²) in [5.74, 6) is 0.844. The van der Waals surface area contributed by atoms with Gasteiger partial charge < -0.3 is 20.5 Å². The number of nitrogens with two attached hydrogens (primary N) is 1. The van der Waals surface area contributed by atoms with Crippen molar-refractivity contribution in [2.75, 3.05) is 20.3 Å². The zero-order chi connectivity index (χ0) is 13.4. The lowest BCUT2D eigenvalue weighted by Gasteiger charge is -2.12. The molecule has 0 fully saturated rings. The van der Waals surface area contributed by atoms with E-state index in [0.717, 1.165) is 11.3 Å². The lowest BCUT2D eigenvalue weighted by molar-refractivity contribution is 0.141. The molecule has 0 heterocycles. The van der Waals surface area contributed by atoms with E-state index in [-0.39, 0.29) is 12.6 Å². The van der Waals surface area contributed by atoms with Gasteiger partial charge in [0.2, 0.25) is 0 Å². The van der Waals surface area contributed by atoms with E-state index in [1.165, 1.54) is 7.05 Å². The van der Waals surface area contributed by atoms with Crippen LogP contribution in [0, 0.1) is 0 Å². The van der Waals surface area contributed by atoms with Crippen molar-refractivity contribution in [3.05, 3.63) is 29.8 Å². The Labute approximate surface area is 107 Å². The maximum Gasteiger partial charge on any atom is 0.406 e. The van der Waals surface area contributed by atoms with Gasteiger partial charge in [-0.25, -0.2) is 4.79 Å². The molecule has 1 atom stereocenters. The summed E-state index contributed by atoms with van der Waals surface area (Å²) < 4.78 is 10.2. The standard InChI is InChI=1S/C13H20N2O3/c1-3-17-12-6-4-10(5-7-12)8-11(14)9-18-13(16)15-2/h4-7,11H,3,8-9,14H2,1-2H3,(H,15,16). The van der Waals surface area contributed by atoms with Crippen LogP contribution in [0.25, 0.3) is 0 Å². The number of carbonyl (C=O) groups is 1. The summed E-state index contributed by atoms with van der Waals surface area (Å²) in [7, 11) is 1.51. The first kappa shape index (κ1) is 14.3. The zero-order valence-electron chi connectivity index (χ0n) is 10.8. The average Bonchev–Trinajstić information content (AvgIpc) is 2.38. The highest BCUT2D eigenvalue weighted by Crippen LogP contribution is 2.13. The van der Waals surface area contributed by atoms with E-state index >= 15 is 0 Å². The molecule has 0 saturated carbocycles. The Hall–Kier alpha value is -1.75. The van der Waals surface area contributed by atoms with E-state index in [2.05, 4.69) is 5.32 Å². The van der Waals surface area contributed by atoms with E-state index in [0.29, 0.717) is 13.0 Å². The lowest BCUT2D eigenvalue weighted by Crippen LogP contribution is -2.32. The number of alkyl carbamates (subject to hydrolysis) is 1. The Bertz CT molecular complexity index is 365. The zero-order valence-corrected chi connectivity index (χ0v) is 10.8. The van der Waals surface area contributed by atoms with Crippen LogP contribution in [0.3, 0.4) is 0 Å². The van der Waals surface area contributed by atoms with E-state index in [4.69, 9.17) is 15.2 Å². The molecule has 100 valence electrons. The van der Waals surface area contributed by atoms with Gasteiger partial charge in [-0.2, -0.15) is 0 Å². The fourth-order valence-corrected chi connectivity index (χ4v) is 1.50. The molecule has 1 unspecified atom stereocenters. The Balaban J connectivity index is 2.39. The molecular formula is C13H20N2O3. The molecule has 0 aliphatic rings. The molecule has 1 aromatic carbocycles. The molecule has 1 rings (SSSR count). The highest BCUT2D eigenvalue weighted by atomic mass is 16.5. The van der Waals surface area contributed by atoms with Crippen molar-refractivity contribution in [2.45, 2.75) is 19.4 Å². The summed E-state index contributed by atoms with van der Waals surface area (Å²) in [6.07, 6.45) is 0.195.